The summed E-state index contributed by atoms with van der Waals surface area (Å²) in [4.78, 5) is 7.00. The summed E-state index contributed by atoms with van der Waals surface area (Å²) in [5.74, 6) is 2.10. The van der Waals surface area contributed by atoms with E-state index < -0.39 is 0 Å². The second-order valence-electron chi connectivity index (χ2n) is 6.37. The lowest BCUT2D eigenvalue weighted by atomic mass is 9.91. The van der Waals surface area contributed by atoms with Gasteiger partial charge in [0.15, 0.2) is 0 Å². The summed E-state index contributed by atoms with van der Waals surface area (Å²) in [5.41, 5.74) is 1.95. The van der Waals surface area contributed by atoms with Crippen LogP contribution in [0.1, 0.15) is 45.4 Å². The van der Waals surface area contributed by atoms with Gasteiger partial charge in [0.1, 0.15) is 5.82 Å². The molecule has 1 N–H and O–H groups in total. The normalized spacial score (nSPS) is 13.3. The highest BCUT2D eigenvalue weighted by Crippen LogP contribution is 2.25. The van der Waals surface area contributed by atoms with E-state index in [9.17, 15) is 5.11 Å². The third kappa shape index (κ3) is 4.67. The number of aromatic nitrogens is 1. The van der Waals surface area contributed by atoms with Crippen molar-refractivity contribution in [3.05, 3.63) is 23.4 Å². The van der Waals surface area contributed by atoms with Gasteiger partial charge in [0.05, 0.1) is 6.61 Å². The van der Waals surface area contributed by atoms with E-state index in [2.05, 4.69) is 45.9 Å². The Balaban J connectivity index is 3.04. The van der Waals surface area contributed by atoms with Gasteiger partial charge in [-0.15, -0.1) is 0 Å². The van der Waals surface area contributed by atoms with Gasteiger partial charge in [0, 0.05) is 24.2 Å². The fourth-order valence-corrected chi connectivity index (χ4v) is 2.51. The zero-order chi connectivity index (χ0) is 15.3. The average molecular weight is 296 g/mol. The van der Waals surface area contributed by atoms with Crippen LogP contribution < -0.4 is 4.90 Å². The standard InChI is InChI=1S/C16H28N2OS/c1-12(7-8-20-6)18(5)15-10-13(11-19)9-14(17-15)16(2,3)4/h9-10,12,19H,7-8,11H2,1-6H3. The highest BCUT2D eigenvalue weighted by Gasteiger charge is 2.19. The lowest BCUT2D eigenvalue weighted by Crippen LogP contribution is -2.31. The number of nitrogens with zero attached hydrogens (tertiary/aromatic N) is 2. The van der Waals surface area contributed by atoms with Gasteiger partial charge in [-0.05, 0) is 43.0 Å². The summed E-state index contributed by atoms with van der Waals surface area (Å²) in [6, 6.07) is 4.44. The van der Waals surface area contributed by atoms with Crippen LogP contribution in [0.4, 0.5) is 5.82 Å². The van der Waals surface area contributed by atoms with Gasteiger partial charge in [-0.25, -0.2) is 4.98 Å². The van der Waals surface area contributed by atoms with Crippen LogP contribution in [0.3, 0.4) is 0 Å². The van der Waals surface area contributed by atoms with Gasteiger partial charge in [0.25, 0.3) is 0 Å². The predicted molar refractivity (Wildman–Crippen MR) is 89.7 cm³/mol. The first-order chi connectivity index (χ1) is 9.29. The quantitative estimate of drug-likeness (QED) is 0.872. The summed E-state index contributed by atoms with van der Waals surface area (Å²) >= 11 is 1.87. The second-order valence-corrected chi connectivity index (χ2v) is 7.35. The van der Waals surface area contributed by atoms with E-state index in [4.69, 9.17) is 4.98 Å². The first kappa shape index (κ1) is 17.3. The molecular weight excluding hydrogens is 268 g/mol. The highest BCUT2D eigenvalue weighted by atomic mass is 32.2. The van der Waals surface area contributed by atoms with Crippen LogP contribution in [0.25, 0.3) is 0 Å². The number of thioether (sulfide) groups is 1. The average Bonchev–Trinajstić information content (AvgIpc) is 2.42. The van der Waals surface area contributed by atoms with Crippen LogP contribution in [0, 0.1) is 0 Å². The molecule has 0 aliphatic heterocycles. The topological polar surface area (TPSA) is 36.4 Å². The molecule has 3 nitrogen and oxygen atoms in total. The Labute approximate surface area is 127 Å². The molecule has 0 aliphatic carbocycles. The van der Waals surface area contributed by atoms with Gasteiger partial charge >= 0.3 is 0 Å². The van der Waals surface area contributed by atoms with Gasteiger partial charge in [-0.3, -0.25) is 0 Å². The van der Waals surface area contributed by atoms with Crippen LogP contribution in [-0.4, -0.2) is 35.2 Å². The number of anilines is 1. The monoisotopic (exact) mass is 296 g/mol. The second kappa shape index (κ2) is 7.32. The van der Waals surface area contributed by atoms with E-state index in [1.165, 1.54) is 0 Å². The Morgan fingerprint density at radius 2 is 2.00 bits per heavy atom. The van der Waals surface area contributed by atoms with Crippen molar-refractivity contribution in [2.75, 3.05) is 24.0 Å². The van der Waals surface area contributed by atoms with Crippen molar-refractivity contribution >= 4 is 17.6 Å². The first-order valence-electron chi connectivity index (χ1n) is 7.13. The van der Waals surface area contributed by atoms with Gasteiger partial charge in [0.2, 0.25) is 0 Å². The van der Waals surface area contributed by atoms with E-state index in [1.807, 2.05) is 23.9 Å². The fourth-order valence-electron chi connectivity index (χ4n) is 1.94. The molecule has 1 atom stereocenters. The minimum Gasteiger partial charge on any atom is -0.392 e. The molecule has 20 heavy (non-hydrogen) atoms. The Kier molecular flexibility index (Phi) is 6.34. The first-order valence-corrected chi connectivity index (χ1v) is 8.53. The van der Waals surface area contributed by atoms with Crippen LogP contribution in [0.5, 0.6) is 0 Å². The Hall–Kier alpha value is -0.740. The molecule has 4 heteroatoms. The SMILES string of the molecule is CSCCC(C)N(C)c1cc(CO)cc(C(C)(C)C)n1. The maximum absolute atomic E-state index is 9.46. The van der Waals surface area contributed by atoms with Crippen LogP contribution >= 0.6 is 11.8 Å². The molecule has 0 saturated heterocycles. The molecule has 0 aliphatic rings. The molecule has 0 saturated carbocycles. The van der Waals surface area contributed by atoms with Crippen molar-refractivity contribution in [2.45, 2.75) is 52.2 Å². The van der Waals surface area contributed by atoms with Gasteiger partial charge in [-0.2, -0.15) is 11.8 Å². The van der Waals surface area contributed by atoms with Gasteiger partial charge < -0.3 is 10.0 Å². The predicted octanol–water partition coefficient (Wildman–Crippen LogP) is 3.45. The van der Waals surface area contributed by atoms with E-state index in [0.717, 1.165) is 29.2 Å². The van der Waals surface area contributed by atoms with Crippen molar-refractivity contribution in [3.63, 3.8) is 0 Å². The summed E-state index contributed by atoms with van der Waals surface area (Å²) in [5, 5.41) is 9.46. The maximum Gasteiger partial charge on any atom is 0.129 e. The minimum atomic E-state index is -0.0106. The number of hydrogen-bond donors (Lipinski definition) is 1. The zero-order valence-corrected chi connectivity index (χ0v) is 14.4. The van der Waals surface area contributed by atoms with Crippen molar-refractivity contribution in [2.24, 2.45) is 0 Å². The molecule has 0 fully saturated rings. The third-order valence-electron chi connectivity index (χ3n) is 3.58. The van der Waals surface area contributed by atoms with Crippen LogP contribution in [-0.2, 0) is 12.0 Å². The number of rotatable bonds is 6. The Morgan fingerprint density at radius 1 is 1.35 bits per heavy atom. The smallest absolute Gasteiger partial charge is 0.129 e. The number of aliphatic hydroxyl groups excluding tert-OH is 1. The Bertz CT molecular complexity index is 429. The van der Waals surface area contributed by atoms with Crippen molar-refractivity contribution < 1.29 is 5.11 Å². The number of pyridine rings is 1. The summed E-state index contributed by atoms with van der Waals surface area (Å²) < 4.78 is 0. The largest absolute Gasteiger partial charge is 0.392 e. The van der Waals surface area contributed by atoms with E-state index in [0.29, 0.717) is 6.04 Å². The lowest BCUT2D eigenvalue weighted by Gasteiger charge is -2.28. The molecule has 0 radical (unpaired) electrons. The molecule has 1 aromatic rings. The molecule has 114 valence electrons. The van der Waals surface area contributed by atoms with Crippen LogP contribution in [0.15, 0.2) is 12.1 Å². The fraction of sp³-hybridized carbons (Fsp3) is 0.688. The van der Waals surface area contributed by atoms with Crippen molar-refractivity contribution in [3.8, 4) is 0 Å². The molecule has 0 spiro atoms. The minimum absolute atomic E-state index is 0.0106. The summed E-state index contributed by atoms with van der Waals surface area (Å²) in [6.07, 6.45) is 3.27. The van der Waals surface area contributed by atoms with Gasteiger partial charge in [-0.1, -0.05) is 20.8 Å². The van der Waals surface area contributed by atoms with Crippen molar-refractivity contribution in [1.82, 2.24) is 4.98 Å². The van der Waals surface area contributed by atoms with Crippen molar-refractivity contribution in [1.29, 1.82) is 0 Å². The molecule has 0 aromatic carbocycles. The molecule has 0 bridgehead atoms. The molecule has 0 amide bonds. The van der Waals surface area contributed by atoms with Crippen LogP contribution in [0.2, 0.25) is 0 Å². The number of hydrogen-bond acceptors (Lipinski definition) is 4. The molecule has 1 heterocycles. The number of aliphatic hydroxyl groups is 1. The zero-order valence-electron chi connectivity index (χ0n) is 13.6. The Morgan fingerprint density at radius 3 is 2.50 bits per heavy atom. The maximum atomic E-state index is 9.46. The molecule has 1 rings (SSSR count). The molecular formula is C16H28N2OS. The molecule has 1 aromatic heterocycles. The van der Waals surface area contributed by atoms with E-state index in [1.54, 1.807) is 0 Å². The lowest BCUT2D eigenvalue weighted by molar-refractivity contribution is 0.281. The van der Waals surface area contributed by atoms with E-state index in [-0.39, 0.29) is 12.0 Å². The highest BCUT2D eigenvalue weighted by molar-refractivity contribution is 7.98. The summed E-state index contributed by atoms with van der Waals surface area (Å²) in [7, 11) is 2.08. The third-order valence-corrected chi connectivity index (χ3v) is 4.23. The van der Waals surface area contributed by atoms with E-state index >= 15 is 0 Å². The molecule has 1 unspecified atom stereocenters. The summed E-state index contributed by atoms with van der Waals surface area (Å²) in [6.45, 7) is 8.73.